The van der Waals surface area contributed by atoms with Gasteiger partial charge in [0.2, 0.25) is 0 Å². The van der Waals surface area contributed by atoms with Gasteiger partial charge in [-0.3, -0.25) is 9.59 Å². The van der Waals surface area contributed by atoms with Crippen LogP contribution in [-0.2, 0) is 16.2 Å². The molecule has 44 heavy (non-hydrogen) atoms. The van der Waals surface area contributed by atoms with Crippen LogP contribution in [0.5, 0.6) is 11.5 Å². The van der Waals surface area contributed by atoms with E-state index in [2.05, 4.69) is 61.3 Å². The van der Waals surface area contributed by atoms with Gasteiger partial charge in [0.25, 0.3) is 0 Å². The van der Waals surface area contributed by atoms with E-state index in [1.165, 1.54) is 19.3 Å². The SMILES string of the molecule is COc1cc(C2C3=C(CC(C)(C)CC3=O)N(C3CCCCC3)C3=C2C(=O)CC(C)(C)C3)cc(I)c1OCc1cccc(Cl)c1. The molecule has 6 rings (SSSR count). The number of nitrogens with zero attached hydrogens (tertiary/aromatic N) is 1. The first-order valence-electron chi connectivity index (χ1n) is 15.9. The molecule has 2 aromatic rings. The summed E-state index contributed by atoms with van der Waals surface area (Å²) in [5.74, 6) is 1.17. The molecule has 0 amide bonds. The lowest BCUT2D eigenvalue weighted by Gasteiger charge is -2.52. The number of allylic oxidation sites excluding steroid dienone is 4. The van der Waals surface area contributed by atoms with Crippen LogP contribution in [0.4, 0.5) is 0 Å². The average Bonchev–Trinajstić information content (AvgIpc) is 2.94. The first kappa shape index (κ1) is 31.7. The van der Waals surface area contributed by atoms with Crippen LogP contribution in [-0.4, -0.2) is 29.6 Å². The highest BCUT2D eigenvalue weighted by molar-refractivity contribution is 14.1. The molecule has 234 valence electrons. The molecule has 0 aromatic heterocycles. The first-order chi connectivity index (χ1) is 20.9. The molecule has 0 N–H and O–H groups in total. The molecule has 0 radical (unpaired) electrons. The van der Waals surface area contributed by atoms with Crippen molar-refractivity contribution < 1.29 is 19.1 Å². The number of rotatable bonds is 6. The Labute approximate surface area is 280 Å². The number of ketones is 2. The second kappa shape index (κ2) is 12.1. The Hall–Kier alpha value is -2.32. The maximum Gasteiger partial charge on any atom is 0.174 e. The standard InChI is InChI=1S/C37H43ClINO4/c1-36(2)17-27-33(29(41)19-36)32(34-28(18-37(3,4)20-30(34)42)40(27)25-12-7-6-8-13-25)23-15-26(39)35(31(16-23)43-5)44-21-22-10-9-11-24(38)14-22/h9-11,14-16,25,32H,6-8,12-13,17-21H2,1-5H3. The minimum Gasteiger partial charge on any atom is -0.493 e. The van der Waals surface area contributed by atoms with Gasteiger partial charge in [-0.15, -0.1) is 0 Å². The van der Waals surface area contributed by atoms with E-state index in [-0.39, 0.29) is 22.4 Å². The lowest BCUT2D eigenvalue weighted by atomic mass is 9.63. The van der Waals surface area contributed by atoms with E-state index in [0.29, 0.717) is 42.0 Å². The fraction of sp³-hybridized carbons (Fsp3) is 0.514. The molecular weight excluding hydrogens is 685 g/mol. The molecule has 0 spiro atoms. The third-order valence-corrected chi connectivity index (χ3v) is 10.8. The smallest absolute Gasteiger partial charge is 0.174 e. The summed E-state index contributed by atoms with van der Waals surface area (Å²) in [5, 5.41) is 0.663. The van der Waals surface area contributed by atoms with Gasteiger partial charge in [-0.25, -0.2) is 0 Å². The molecule has 1 heterocycles. The number of Topliss-reactive ketones (excluding diaryl/α,β-unsaturated/α-hetero) is 2. The number of carbonyl (C=O) groups excluding carboxylic acids is 2. The maximum atomic E-state index is 14.3. The van der Waals surface area contributed by atoms with Gasteiger partial charge in [0.1, 0.15) is 6.61 Å². The molecule has 2 aromatic carbocycles. The van der Waals surface area contributed by atoms with Crippen molar-refractivity contribution in [2.24, 2.45) is 10.8 Å². The first-order valence-corrected chi connectivity index (χ1v) is 17.4. The van der Waals surface area contributed by atoms with Crippen LogP contribution in [0.2, 0.25) is 5.02 Å². The Kier molecular flexibility index (Phi) is 8.72. The third kappa shape index (κ3) is 6.10. The Balaban J connectivity index is 1.50. The Morgan fingerprint density at radius 1 is 0.886 bits per heavy atom. The van der Waals surface area contributed by atoms with Gasteiger partial charge in [-0.1, -0.05) is 70.7 Å². The van der Waals surface area contributed by atoms with Crippen LogP contribution in [0.3, 0.4) is 0 Å². The van der Waals surface area contributed by atoms with Crippen molar-refractivity contribution in [2.45, 2.75) is 104 Å². The molecule has 0 unspecified atom stereocenters. The van der Waals surface area contributed by atoms with E-state index in [1.807, 2.05) is 30.3 Å². The Bertz CT molecular complexity index is 1510. The zero-order chi connectivity index (χ0) is 31.4. The van der Waals surface area contributed by atoms with Crippen LogP contribution in [0.1, 0.15) is 103 Å². The second-order valence-corrected chi connectivity index (χ2v) is 16.2. The van der Waals surface area contributed by atoms with Crippen molar-refractivity contribution in [3.05, 3.63) is 78.7 Å². The number of hydrogen-bond donors (Lipinski definition) is 0. The Morgan fingerprint density at radius 3 is 2.07 bits per heavy atom. The second-order valence-electron chi connectivity index (χ2n) is 14.7. The molecule has 7 heteroatoms. The van der Waals surface area contributed by atoms with Gasteiger partial charge in [0, 0.05) is 52.4 Å². The highest BCUT2D eigenvalue weighted by Gasteiger charge is 2.50. The fourth-order valence-corrected chi connectivity index (χ4v) is 8.93. The summed E-state index contributed by atoms with van der Waals surface area (Å²) in [4.78, 5) is 31.1. The van der Waals surface area contributed by atoms with Crippen molar-refractivity contribution >= 4 is 45.8 Å². The lowest BCUT2D eigenvalue weighted by molar-refractivity contribution is -0.119. The van der Waals surface area contributed by atoms with Crippen molar-refractivity contribution in [1.29, 1.82) is 0 Å². The highest BCUT2D eigenvalue weighted by Crippen LogP contribution is 2.56. The largest absolute Gasteiger partial charge is 0.493 e. The molecular formula is C37H43ClINO4. The van der Waals surface area contributed by atoms with Crippen LogP contribution >= 0.6 is 34.2 Å². The summed E-state index contributed by atoms with van der Waals surface area (Å²) in [7, 11) is 1.64. The minimum atomic E-state index is -0.406. The zero-order valence-electron chi connectivity index (χ0n) is 26.5. The van der Waals surface area contributed by atoms with Crippen molar-refractivity contribution in [3.8, 4) is 11.5 Å². The van der Waals surface area contributed by atoms with Crippen LogP contribution in [0.15, 0.2) is 58.9 Å². The minimum absolute atomic E-state index is 0.135. The summed E-state index contributed by atoms with van der Waals surface area (Å²) < 4.78 is 13.1. The fourth-order valence-electron chi connectivity index (χ4n) is 7.94. The summed E-state index contributed by atoms with van der Waals surface area (Å²) in [5.41, 5.74) is 5.58. The number of hydrogen-bond acceptors (Lipinski definition) is 5. The number of ether oxygens (including phenoxy) is 2. The topological polar surface area (TPSA) is 55.8 Å². The maximum absolute atomic E-state index is 14.3. The van der Waals surface area contributed by atoms with Gasteiger partial charge in [-0.05, 0) is 94.5 Å². The summed E-state index contributed by atoms with van der Waals surface area (Å²) >= 11 is 8.50. The summed E-state index contributed by atoms with van der Waals surface area (Å²) in [6.07, 6.45) is 8.48. The van der Waals surface area contributed by atoms with Crippen molar-refractivity contribution in [3.63, 3.8) is 0 Å². The van der Waals surface area contributed by atoms with Gasteiger partial charge in [0.05, 0.1) is 10.7 Å². The van der Waals surface area contributed by atoms with Gasteiger partial charge in [-0.2, -0.15) is 0 Å². The molecule has 0 saturated heterocycles. The monoisotopic (exact) mass is 727 g/mol. The molecule has 5 nitrogen and oxygen atoms in total. The number of benzene rings is 2. The number of methoxy groups -OCH3 is 1. The highest BCUT2D eigenvalue weighted by atomic mass is 127. The summed E-state index contributed by atoms with van der Waals surface area (Å²) in [6.45, 7) is 9.18. The van der Waals surface area contributed by atoms with Crippen LogP contribution in [0, 0.1) is 14.4 Å². The summed E-state index contributed by atoms with van der Waals surface area (Å²) in [6, 6.07) is 12.0. The molecule has 0 bridgehead atoms. The lowest BCUT2D eigenvalue weighted by Crippen LogP contribution is -2.48. The molecule has 3 aliphatic carbocycles. The van der Waals surface area contributed by atoms with Crippen LogP contribution < -0.4 is 9.47 Å². The van der Waals surface area contributed by atoms with Gasteiger partial charge >= 0.3 is 0 Å². The molecule has 1 aliphatic heterocycles. The Morgan fingerprint density at radius 2 is 1.50 bits per heavy atom. The van der Waals surface area contributed by atoms with E-state index in [4.69, 9.17) is 21.1 Å². The predicted molar refractivity (Wildman–Crippen MR) is 183 cm³/mol. The predicted octanol–water partition coefficient (Wildman–Crippen LogP) is 9.55. The van der Waals surface area contributed by atoms with Crippen LogP contribution in [0.25, 0.3) is 0 Å². The van der Waals surface area contributed by atoms with Crippen molar-refractivity contribution in [1.82, 2.24) is 4.90 Å². The molecule has 1 fully saturated rings. The quantitative estimate of drug-likeness (QED) is 0.278. The number of carbonyl (C=O) groups is 2. The normalized spacial score (nSPS) is 22.2. The van der Waals surface area contributed by atoms with Gasteiger partial charge in [0.15, 0.2) is 23.1 Å². The van der Waals surface area contributed by atoms with E-state index < -0.39 is 5.92 Å². The van der Waals surface area contributed by atoms with Gasteiger partial charge < -0.3 is 14.4 Å². The van der Waals surface area contributed by atoms with E-state index in [0.717, 1.165) is 62.9 Å². The van der Waals surface area contributed by atoms with E-state index in [1.54, 1.807) is 7.11 Å². The zero-order valence-corrected chi connectivity index (χ0v) is 29.4. The molecule has 0 atom stereocenters. The number of halogens is 2. The molecule has 1 saturated carbocycles. The van der Waals surface area contributed by atoms with E-state index in [9.17, 15) is 9.59 Å². The van der Waals surface area contributed by atoms with Crippen molar-refractivity contribution in [2.75, 3.05) is 7.11 Å². The molecule has 4 aliphatic rings. The van der Waals surface area contributed by atoms with E-state index >= 15 is 0 Å². The average molecular weight is 728 g/mol. The third-order valence-electron chi connectivity index (χ3n) is 9.75.